The number of nitrogens with zero attached hydrogens (tertiary/aromatic N) is 1. The minimum atomic E-state index is -0.0399. The minimum Gasteiger partial charge on any atom is -0.388 e. The van der Waals surface area contributed by atoms with E-state index in [1.54, 1.807) is 0 Å². The zero-order chi connectivity index (χ0) is 23.8. The number of benzene rings is 2. The number of pyridine rings is 1. The first-order valence-electron chi connectivity index (χ1n) is 11.4. The highest BCUT2D eigenvalue weighted by Gasteiger charge is 2.26. The van der Waals surface area contributed by atoms with Crippen LogP contribution in [0.2, 0.25) is 0 Å². The Labute approximate surface area is 198 Å². The number of allylic oxidation sites excluding steroid dienone is 2. The lowest BCUT2D eigenvalue weighted by Crippen LogP contribution is -2.33. The van der Waals surface area contributed by atoms with Crippen LogP contribution in [-0.2, 0) is 6.42 Å². The zero-order valence-electron chi connectivity index (χ0n) is 20.3. The van der Waals surface area contributed by atoms with Crippen LogP contribution in [0, 0.1) is 6.92 Å². The van der Waals surface area contributed by atoms with Gasteiger partial charge in [0.2, 0.25) is 0 Å². The molecular weight excluding hydrogens is 402 g/mol. The third kappa shape index (κ3) is 4.78. The van der Waals surface area contributed by atoms with Gasteiger partial charge in [0, 0.05) is 53.3 Å². The van der Waals surface area contributed by atoms with Crippen molar-refractivity contribution in [1.82, 2.24) is 15.6 Å². The smallest absolute Gasteiger partial charge is 0.0527 e. The molecule has 0 saturated carbocycles. The third-order valence-electron chi connectivity index (χ3n) is 5.96. The van der Waals surface area contributed by atoms with Crippen LogP contribution in [0.1, 0.15) is 48.7 Å². The first-order chi connectivity index (χ1) is 15.7. The lowest BCUT2D eigenvalue weighted by Gasteiger charge is -2.24. The number of nitrogens with one attached hydrogen (secondary N) is 2. The second-order valence-electron chi connectivity index (χ2n) is 9.78. The molecule has 3 aromatic rings. The molecule has 168 valence electrons. The van der Waals surface area contributed by atoms with Gasteiger partial charge in [-0.2, -0.15) is 0 Å². The van der Waals surface area contributed by atoms with Crippen LogP contribution in [0.4, 0.5) is 0 Å². The molecule has 3 heteroatoms. The number of likely N-dealkylation sites (N-methyl/N-ethyl adjacent to an activating group) is 1. The van der Waals surface area contributed by atoms with E-state index in [0.29, 0.717) is 0 Å². The first-order valence-corrected chi connectivity index (χ1v) is 11.4. The van der Waals surface area contributed by atoms with E-state index in [9.17, 15) is 0 Å². The zero-order valence-corrected chi connectivity index (χ0v) is 20.3. The van der Waals surface area contributed by atoms with Crippen molar-refractivity contribution in [2.75, 3.05) is 7.05 Å². The predicted octanol–water partition coefficient (Wildman–Crippen LogP) is 6.62. The van der Waals surface area contributed by atoms with Crippen molar-refractivity contribution in [3.8, 4) is 11.1 Å². The number of fused-ring (bicyclic) bond motifs is 1. The van der Waals surface area contributed by atoms with E-state index in [2.05, 4.69) is 106 Å². The SMILES string of the molecule is C=C(NC)C1=C(c2ccc(C)cc2)Cc2ncc(-c3cccc(C(=C)NC(C)(C)C)c3)cc21. The van der Waals surface area contributed by atoms with Crippen molar-refractivity contribution in [3.63, 3.8) is 0 Å². The van der Waals surface area contributed by atoms with Crippen molar-refractivity contribution < 1.29 is 0 Å². The van der Waals surface area contributed by atoms with Crippen LogP contribution in [0.5, 0.6) is 0 Å². The molecule has 0 fully saturated rings. The Morgan fingerprint density at radius 1 is 0.909 bits per heavy atom. The molecule has 3 nitrogen and oxygen atoms in total. The van der Waals surface area contributed by atoms with Gasteiger partial charge in [-0.15, -0.1) is 0 Å². The van der Waals surface area contributed by atoms with Crippen molar-refractivity contribution in [3.05, 3.63) is 108 Å². The van der Waals surface area contributed by atoms with E-state index in [0.717, 1.165) is 51.3 Å². The highest BCUT2D eigenvalue weighted by atomic mass is 15.0. The molecule has 1 aliphatic rings. The van der Waals surface area contributed by atoms with Gasteiger partial charge < -0.3 is 10.6 Å². The molecule has 1 aliphatic carbocycles. The van der Waals surface area contributed by atoms with Crippen molar-refractivity contribution in [1.29, 1.82) is 0 Å². The van der Waals surface area contributed by atoms with Crippen LogP contribution in [0.15, 0.2) is 79.6 Å². The molecule has 0 amide bonds. The summed E-state index contributed by atoms with van der Waals surface area (Å²) >= 11 is 0. The average molecular weight is 436 g/mol. The van der Waals surface area contributed by atoms with Gasteiger partial charge in [-0.25, -0.2) is 0 Å². The van der Waals surface area contributed by atoms with E-state index in [-0.39, 0.29) is 5.54 Å². The summed E-state index contributed by atoms with van der Waals surface area (Å²) in [6.07, 6.45) is 2.79. The Bertz CT molecular complexity index is 1250. The van der Waals surface area contributed by atoms with Crippen molar-refractivity contribution in [2.24, 2.45) is 0 Å². The minimum absolute atomic E-state index is 0.0399. The maximum atomic E-state index is 4.88. The van der Waals surface area contributed by atoms with E-state index >= 15 is 0 Å². The molecular formula is C30H33N3. The molecule has 1 aromatic heterocycles. The Hall–Kier alpha value is -3.59. The highest BCUT2D eigenvalue weighted by molar-refractivity contribution is 6.03. The predicted molar refractivity (Wildman–Crippen MR) is 141 cm³/mol. The van der Waals surface area contributed by atoms with Gasteiger partial charge in [-0.3, -0.25) is 4.98 Å². The van der Waals surface area contributed by atoms with Crippen LogP contribution in [-0.4, -0.2) is 17.6 Å². The number of hydrogen-bond acceptors (Lipinski definition) is 3. The van der Waals surface area contributed by atoms with Gasteiger partial charge in [-0.1, -0.05) is 61.2 Å². The molecule has 33 heavy (non-hydrogen) atoms. The van der Waals surface area contributed by atoms with Gasteiger partial charge in [0.1, 0.15) is 0 Å². The van der Waals surface area contributed by atoms with Crippen LogP contribution < -0.4 is 10.6 Å². The number of rotatable bonds is 6. The summed E-state index contributed by atoms with van der Waals surface area (Å²) in [6.45, 7) is 17.1. The normalized spacial score (nSPS) is 13.0. The molecule has 0 atom stereocenters. The molecule has 0 aliphatic heterocycles. The monoisotopic (exact) mass is 435 g/mol. The van der Waals surface area contributed by atoms with Crippen LogP contribution in [0.3, 0.4) is 0 Å². The quantitative estimate of drug-likeness (QED) is 0.457. The summed E-state index contributed by atoms with van der Waals surface area (Å²) in [5.74, 6) is 0. The Morgan fingerprint density at radius 2 is 1.64 bits per heavy atom. The maximum Gasteiger partial charge on any atom is 0.0527 e. The van der Waals surface area contributed by atoms with Gasteiger partial charge in [-0.05, 0) is 62.1 Å². The van der Waals surface area contributed by atoms with Crippen LogP contribution >= 0.6 is 0 Å². The number of hydrogen-bond donors (Lipinski definition) is 2. The van der Waals surface area contributed by atoms with Gasteiger partial charge in [0.15, 0.2) is 0 Å². The Kier molecular flexibility index (Phi) is 5.99. The molecule has 0 radical (unpaired) electrons. The summed E-state index contributed by atoms with van der Waals surface area (Å²) in [5, 5.41) is 6.74. The molecule has 2 aromatic carbocycles. The van der Waals surface area contributed by atoms with E-state index < -0.39 is 0 Å². The van der Waals surface area contributed by atoms with Gasteiger partial charge in [0.25, 0.3) is 0 Å². The Balaban J connectivity index is 1.76. The second-order valence-corrected chi connectivity index (χ2v) is 9.78. The second kappa shape index (κ2) is 8.74. The molecule has 4 rings (SSSR count). The molecule has 1 heterocycles. The molecule has 0 saturated heterocycles. The fourth-order valence-electron chi connectivity index (χ4n) is 4.31. The maximum absolute atomic E-state index is 4.88. The van der Waals surface area contributed by atoms with E-state index in [1.807, 2.05) is 13.2 Å². The third-order valence-corrected chi connectivity index (χ3v) is 5.96. The standard InChI is InChI=1S/C30H33N3/c1-19-11-13-22(14-12-19)26-17-28-27(29(26)21(3)31-7)16-25(18-32-28)24-10-8-9-23(15-24)20(2)33-30(4,5)6/h8-16,18,31,33H,2-3,17H2,1,4-7H3. The summed E-state index contributed by atoms with van der Waals surface area (Å²) in [7, 11) is 1.93. The topological polar surface area (TPSA) is 37.0 Å². The van der Waals surface area contributed by atoms with Crippen LogP contribution in [0.25, 0.3) is 28.0 Å². The van der Waals surface area contributed by atoms with E-state index in [4.69, 9.17) is 4.98 Å². The summed E-state index contributed by atoms with van der Waals surface area (Å²) in [4.78, 5) is 4.88. The fourth-order valence-corrected chi connectivity index (χ4v) is 4.31. The summed E-state index contributed by atoms with van der Waals surface area (Å²) in [5.41, 5.74) is 12.2. The number of aryl methyl sites for hydroxylation is 1. The lowest BCUT2D eigenvalue weighted by atomic mass is 9.96. The van der Waals surface area contributed by atoms with E-state index in [1.165, 1.54) is 16.7 Å². The van der Waals surface area contributed by atoms with Gasteiger partial charge in [0.05, 0.1) is 5.69 Å². The van der Waals surface area contributed by atoms with Crippen molar-refractivity contribution >= 4 is 16.8 Å². The molecule has 0 spiro atoms. The largest absolute Gasteiger partial charge is 0.388 e. The molecule has 0 unspecified atom stereocenters. The first kappa shape index (κ1) is 22.6. The fraction of sp³-hybridized carbons (Fsp3) is 0.233. The summed E-state index contributed by atoms with van der Waals surface area (Å²) in [6, 6.07) is 19.4. The van der Waals surface area contributed by atoms with Gasteiger partial charge >= 0.3 is 0 Å². The number of aromatic nitrogens is 1. The Morgan fingerprint density at radius 3 is 2.30 bits per heavy atom. The lowest BCUT2D eigenvalue weighted by molar-refractivity contribution is 0.502. The summed E-state index contributed by atoms with van der Waals surface area (Å²) < 4.78 is 0. The molecule has 0 bridgehead atoms. The van der Waals surface area contributed by atoms with Crippen molar-refractivity contribution in [2.45, 2.75) is 39.7 Å². The highest BCUT2D eigenvalue weighted by Crippen LogP contribution is 2.41. The average Bonchev–Trinajstić information content (AvgIpc) is 3.16. The molecule has 2 N–H and O–H groups in total.